The van der Waals surface area contributed by atoms with Gasteiger partial charge in [-0.2, -0.15) is 0 Å². The molecule has 5 aromatic carbocycles. The van der Waals surface area contributed by atoms with Crippen LogP contribution in [0.1, 0.15) is 99.3 Å². The second-order valence-electron chi connectivity index (χ2n) is 31.0. The molecule has 1 aliphatic carbocycles. The summed E-state index contributed by atoms with van der Waals surface area (Å²) in [5.41, 5.74) is 5.59. The lowest BCUT2D eigenvalue weighted by molar-refractivity contribution is -0.171. The van der Waals surface area contributed by atoms with E-state index in [0.29, 0.717) is 78.9 Å². The van der Waals surface area contributed by atoms with E-state index in [2.05, 4.69) is 76.8 Å². The lowest BCUT2D eigenvalue weighted by Gasteiger charge is -2.27. The van der Waals surface area contributed by atoms with Crippen molar-refractivity contribution in [2.75, 3.05) is 45.9 Å². The van der Waals surface area contributed by atoms with Gasteiger partial charge in [-0.1, -0.05) is 140 Å². The molecule has 17 unspecified atom stereocenters. The van der Waals surface area contributed by atoms with Gasteiger partial charge in [0.05, 0.1) is 25.2 Å². The number of para-hydroxylation sites is 2. The number of aromatic nitrogens is 12. The Bertz CT molecular complexity index is 5990. The number of fused-ring (bicyclic) bond motifs is 6. The molecule has 1 saturated carbocycles. The van der Waals surface area contributed by atoms with Crippen LogP contribution in [0, 0.1) is 0 Å². The van der Waals surface area contributed by atoms with Crippen molar-refractivity contribution in [2.24, 2.45) is 0 Å². The van der Waals surface area contributed by atoms with Gasteiger partial charge in [-0.05, 0) is 68.4 Å². The number of carboxylic acid groups (broad SMARTS) is 2. The first-order valence-corrected chi connectivity index (χ1v) is 42.6. The number of ether oxygens (including phenoxy) is 9. The number of hydrogen-bond donors (Lipinski definition) is 9. The van der Waals surface area contributed by atoms with Crippen molar-refractivity contribution in [3.63, 3.8) is 0 Å². The van der Waals surface area contributed by atoms with Crippen LogP contribution >= 0.6 is 0 Å². The maximum absolute atomic E-state index is 13.7. The summed E-state index contributed by atoms with van der Waals surface area (Å²) in [5.74, 6) is -3.36. The zero-order chi connectivity index (χ0) is 86.9. The number of carboxylic acids is 2. The Morgan fingerprint density at radius 1 is 0.405 bits per heavy atom. The van der Waals surface area contributed by atoms with Crippen molar-refractivity contribution in [3.05, 3.63) is 206 Å². The van der Waals surface area contributed by atoms with Crippen LogP contribution in [0.25, 0.3) is 33.5 Å². The Morgan fingerprint density at radius 2 is 0.770 bits per heavy atom. The molecule has 9 N–H and O–H groups in total. The van der Waals surface area contributed by atoms with Gasteiger partial charge in [0.1, 0.15) is 67.7 Å². The molecule has 652 valence electrons. The minimum atomic E-state index is -3.86. The van der Waals surface area contributed by atoms with Crippen molar-refractivity contribution in [1.82, 2.24) is 78.4 Å². The molecule has 0 radical (unpaired) electrons. The van der Waals surface area contributed by atoms with E-state index >= 15 is 0 Å². The van der Waals surface area contributed by atoms with Gasteiger partial charge in [-0.25, -0.2) is 77.2 Å². The van der Waals surface area contributed by atoms with Crippen LogP contribution < -0.4 is 36.6 Å². The number of imidazole rings is 3. The molecule has 126 heavy (non-hydrogen) atoms. The number of urea groups is 3. The maximum Gasteiger partial charge on any atom is 0.326 e. The first-order valence-electron chi connectivity index (χ1n) is 40.7. The molecule has 14 heterocycles. The summed E-state index contributed by atoms with van der Waals surface area (Å²) in [7, 11) is -3.86. The number of benzene rings is 5. The average Bonchev–Trinajstić information content (AvgIpc) is 1.59. The highest BCUT2D eigenvalue weighted by molar-refractivity contribution is 7.89. The van der Waals surface area contributed by atoms with Crippen LogP contribution in [0.2, 0.25) is 0 Å². The molecule has 8 saturated heterocycles. The monoisotopic (exact) mass is 1740 g/mol. The zero-order valence-corrected chi connectivity index (χ0v) is 67.7. The fourth-order valence-corrected chi connectivity index (χ4v) is 17.5. The van der Waals surface area contributed by atoms with Crippen LogP contribution in [0.3, 0.4) is 0 Å². The van der Waals surface area contributed by atoms with Gasteiger partial charge in [0.25, 0.3) is 17.7 Å². The van der Waals surface area contributed by atoms with Crippen LogP contribution in [-0.4, -0.2) is 233 Å². The Morgan fingerprint density at radius 3 is 1.18 bits per heavy atom. The minimum absolute atomic E-state index is 0.131. The zero-order valence-electron chi connectivity index (χ0n) is 66.9. The predicted octanol–water partition coefficient (Wildman–Crippen LogP) is 7.07. The van der Waals surface area contributed by atoms with Crippen molar-refractivity contribution < 1.29 is 99.6 Å². The number of anilines is 5. The third-order valence-corrected chi connectivity index (χ3v) is 23.3. The highest BCUT2D eigenvalue weighted by Crippen LogP contribution is 2.49. The molecule has 9 aliphatic rings. The largest absolute Gasteiger partial charge is 0.480 e. The fourth-order valence-electron chi connectivity index (χ4n) is 17.0. The molecule has 8 aliphatic heterocycles. The van der Waals surface area contributed by atoms with E-state index in [0.717, 1.165) is 48.6 Å². The highest BCUT2D eigenvalue weighted by Gasteiger charge is 2.61. The molecule has 20 rings (SSSR count). The summed E-state index contributed by atoms with van der Waals surface area (Å²) in [4.78, 5) is 144. The van der Waals surface area contributed by atoms with Gasteiger partial charge in [0, 0.05) is 48.1 Å². The second-order valence-corrected chi connectivity index (χ2v) is 32.7. The fraction of sp³-hybridized carbons (Fsp3) is 0.361. The lowest BCUT2D eigenvalue weighted by atomic mass is 10.1. The Hall–Kier alpha value is -13.5. The summed E-state index contributed by atoms with van der Waals surface area (Å²) in [5, 5.41) is 35.9. The number of hydrogen-bond acceptors (Lipinski definition) is 28. The van der Waals surface area contributed by atoms with Crippen molar-refractivity contribution in [1.29, 1.82) is 0 Å². The molecule has 42 nitrogen and oxygen atoms in total. The summed E-state index contributed by atoms with van der Waals surface area (Å²) in [6.45, 7) is 0.627. The molecule has 0 spiro atoms. The van der Waals surface area contributed by atoms with Gasteiger partial charge >= 0.3 is 30.0 Å². The average molecular weight is 1740 g/mol. The molecule has 0 bridgehead atoms. The van der Waals surface area contributed by atoms with Gasteiger partial charge in [0.2, 0.25) is 10.0 Å². The standard InChI is InChI=1S/C29H27N7O7.C28H31N7O7.C26H25N7O7S/c37-25(35-13-7-12-18(35)27(38)39)21-20-22(43-28(42-20)16-8-3-1-4-9-16)26(41-21)36-15-32-19-23(30-14-31-24(19)36)34-29(40)33-17-10-5-2-6-11-17;36-24(34-12-6-11-17(34)26(37)38)20-19-21(42-27(41-19)15-7-2-1-3-8-15)25(40-20)35-14-31-18-22(29-13-30-23(18)35)33-28(39)32-16-9-4-5-10-16;1-41(36,37)32-24(34)20-19-21(39-17(38-19)12-15-8-4-2-5-9-15)25(40-20)33-14-29-18-22(27-13-28-23(18)33)31-26(35)30-16-10-6-3-7-11-16/h1-6,8-11,14-15,18,20-22,26,28H,7,12-13H2,(H,38,39)(H2,30,31,33,34,40);1-3,7-8,13-14,16-17,19-21,25,27H,4-6,9-12H2,(H,37,38)(H2,29,30,32,33,39);2-11,13-14,17,19-21,25H,12H2,1H3,(H,32,34)(H2,27,28,30,31,35). The van der Waals surface area contributed by atoms with Crippen molar-refractivity contribution in [3.8, 4) is 0 Å². The third-order valence-electron chi connectivity index (χ3n) is 22.7. The molecular weight excluding hydrogens is 1660 g/mol. The Labute approximate surface area is 715 Å². The number of aliphatic carboxylic acids is 2. The SMILES string of the molecule is CS(=O)(=O)NC(=O)C1OC(n2cnc3c(NC(=O)Nc4ccccc4)ncnc32)C2OC(Cc3ccccc3)OC12.O=C(Nc1ccccc1)Nc1ncnc2c1ncn2C1OC(C(=O)N2CCCC2C(=O)O)C2OC(c3ccccc3)OC21.O=C(Nc1ncnc2c1ncn2C1OC(C(=O)N2CCCC2C(=O)O)C2OC(c3ccccc3)OC21)NC1CCCC1. The van der Waals surface area contributed by atoms with Crippen LogP contribution in [0.5, 0.6) is 0 Å². The van der Waals surface area contributed by atoms with Gasteiger partial charge < -0.3 is 78.6 Å². The van der Waals surface area contributed by atoms with E-state index < -0.39 is 156 Å². The molecule has 17 atom stereocenters. The summed E-state index contributed by atoms with van der Waals surface area (Å²) in [6, 6.07) is 42.9. The van der Waals surface area contributed by atoms with E-state index in [9.17, 15) is 57.0 Å². The predicted molar refractivity (Wildman–Crippen MR) is 440 cm³/mol. The third kappa shape index (κ3) is 17.5. The molecule has 6 aromatic heterocycles. The number of sulfonamides is 1. The number of carbonyl (C=O) groups is 8. The number of rotatable bonds is 19. The summed E-state index contributed by atoms with van der Waals surface area (Å²) >= 11 is 0. The number of amides is 9. The first kappa shape index (κ1) is 83.4. The van der Waals surface area contributed by atoms with E-state index in [4.69, 9.17) is 42.6 Å². The van der Waals surface area contributed by atoms with E-state index in [1.165, 1.54) is 52.3 Å². The minimum Gasteiger partial charge on any atom is -0.480 e. The number of nitrogens with one attached hydrogen (secondary N) is 7. The number of carbonyl (C=O) groups excluding carboxylic acids is 6. The van der Waals surface area contributed by atoms with E-state index in [1.807, 2.05) is 108 Å². The smallest absolute Gasteiger partial charge is 0.326 e. The van der Waals surface area contributed by atoms with E-state index in [1.54, 1.807) is 57.7 Å². The lowest BCUT2D eigenvalue weighted by Crippen LogP contribution is -2.49. The van der Waals surface area contributed by atoms with Gasteiger partial charge in [0.15, 0.2) is 107 Å². The Kier molecular flexibility index (Phi) is 23.8. The highest BCUT2D eigenvalue weighted by atomic mass is 32.2. The topological polar surface area (TPSA) is 516 Å². The normalized spacial score (nSPS) is 26.4. The van der Waals surface area contributed by atoms with Crippen LogP contribution in [0.15, 0.2) is 190 Å². The molecule has 43 heteroatoms. The molecule has 9 fully saturated rings. The Balaban J connectivity index is 0.000000128. The molecule has 9 amide bonds. The number of nitrogens with zero attached hydrogens (tertiary/aromatic N) is 14. The second kappa shape index (κ2) is 36.0. The van der Waals surface area contributed by atoms with Crippen molar-refractivity contribution >= 4 is 120 Å². The van der Waals surface area contributed by atoms with Gasteiger partial charge in [-0.15, -0.1) is 0 Å². The number of likely N-dealkylation sites (tertiary alicyclic amines) is 2. The quantitative estimate of drug-likeness (QED) is 0.0391. The molecule has 11 aromatic rings. The first-order chi connectivity index (χ1) is 61.2. The maximum atomic E-state index is 13.7. The van der Waals surface area contributed by atoms with Crippen molar-refractivity contribution in [2.45, 2.75) is 168 Å². The van der Waals surface area contributed by atoms with E-state index in [-0.39, 0.29) is 40.7 Å². The molecular formula is C83H83N21O21S. The van der Waals surface area contributed by atoms with Crippen LogP contribution in [0.4, 0.5) is 43.2 Å². The van der Waals surface area contributed by atoms with Gasteiger partial charge in [-0.3, -0.25) is 48.8 Å². The summed E-state index contributed by atoms with van der Waals surface area (Å²) < 4.78 is 86.4. The van der Waals surface area contributed by atoms with Crippen LogP contribution in [-0.2, 0) is 83.0 Å². The summed E-state index contributed by atoms with van der Waals surface area (Å²) in [6.07, 6.45) is 2.18.